The molecular formula is C28H34F2N4O5. The van der Waals surface area contributed by atoms with Gasteiger partial charge in [-0.2, -0.15) is 8.78 Å². The largest absolute Gasteiger partial charge is 0.489 e. The minimum atomic E-state index is -2.96. The van der Waals surface area contributed by atoms with Crippen molar-refractivity contribution >= 4 is 17.7 Å². The molecule has 2 aromatic rings. The van der Waals surface area contributed by atoms with Crippen LogP contribution in [0.3, 0.4) is 0 Å². The van der Waals surface area contributed by atoms with E-state index in [4.69, 9.17) is 4.74 Å². The molecule has 1 saturated carbocycles. The zero-order valence-electron chi connectivity index (χ0n) is 22.4. The summed E-state index contributed by atoms with van der Waals surface area (Å²) in [6.07, 6.45) is 4.06. The monoisotopic (exact) mass is 544 g/mol. The second kappa shape index (κ2) is 12.4. The maximum atomic E-state index is 12.9. The number of halogens is 2. The molecule has 1 aliphatic carbocycles. The van der Waals surface area contributed by atoms with Gasteiger partial charge in [0.25, 0.3) is 11.8 Å². The number of carbonyl (C=O) groups excluding carboxylic acids is 3. The number of carbonyl (C=O) groups is 3. The first-order chi connectivity index (χ1) is 18.7. The fourth-order valence-electron chi connectivity index (χ4n) is 4.63. The van der Waals surface area contributed by atoms with Crippen molar-refractivity contribution in [1.82, 2.24) is 20.1 Å². The highest BCUT2D eigenvalue weighted by Crippen LogP contribution is 2.38. The number of likely N-dealkylation sites (tertiary alicyclic amines) is 1. The predicted molar refractivity (Wildman–Crippen MR) is 139 cm³/mol. The molecule has 1 aromatic heterocycles. The fraction of sp³-hybridized carbons (Fsp3) is 0.500. The van der Waals surface area contributed by atoms with Crippen LogP contribution in [0, 0.1) is 5.92 Å². The van der Waals surface area contributed by atoms with Gasteiger partial charge in [0, 0.05) is 51.8 Å². The van der Waals surface area contributed by atoms with Crippen LogP contribution in [0.2, 0.25) is 0 Å². The van der Waals surface area contributed by atoms with E-state index >= 15 is 0 Å². The number of pyridine rings is 1. The van der Waals surface area contributed by atoms with E-state index in [1.54, 1.807) is 35.0 Å². The molecule has 1 N–H and O–H groups in total. The first-order valence-electron chi connectivity index (χ1n) is 13.1. The Hall–Kier alpha value is -3.76. The van der Waals surface area contributed by atoms with Gasteiger partial charge in [0.2, 0.25) is 5.91 Å². The van der Waals surface area contributed by atoms with Gasteiger partial charge in [-0.1, -0.05) is 6.07 Å². The summed E-state index contributed by atoms with van der Waals surface area (Å²) < 4.78 is 36.3. The molecule has 4 rings (SSSR count). The molecule has 39 heavy (non-hydrogen) atoms. The molecule has 9 nitrogen and oxygen atoms in total. The Morgan fingerprint density at radius 3 is 2.56 bits per heavy atom. The Kier molecular flexibility index (Phi) is 8.98. The minimum Gasteiger partial charge on any atom is -0.489 e. The molecule has 11 heteroatoms. The van der Waals surface area contributed by atoms with Gasteiger partial charge in [-0.15, -0.1) is 0 Å². The highest BCUT2D eigenvalue weighted by Gasteiger charge is 2.35. The SMILES string of the molecule is CCN(C)C(=O)c1ccc(C(=O)NC[C@@H]2C[C@H](c3ccc(OC(F)F)c(OCC4CC4)c3)CN2C(C)=O)nc1. The highest BCUT2D eigenvalue weighted by molar-refractivity contribution is 5.96. The summed E-state index contributed by atoms with van der Waals surface area (Å²) >= 11 is 0. The van der Waals surface area contributed by atoms with Gasteiger partial charge in [0.05, 0.1) is 12.2 Å². The summed E-state index contributed by atoms with van der Waals surface area (Å²) in [7, 11) is 1.69. The number of alkyl halides is 2. The third-order valence-corrected chi connectivity index (χ3v) is 7.21. The molecule has 0 unspecified atom stereocenters. The number of nitrogens with one attached hydrogen (secondary N) is 1. The van der Waals surface area contributed by atoms with Crippen molar-refractivity contribution in [1.29, 1.82) is 0 Å². The Morgan fingerprint density at radius 2 is 1.95 bits per heavy atom. The summed E-state index contributed by atoms with van der Waals surface area (Å²) in [6.45, 7) is 2.02. The van der Waals surface area contributed by atoms with Gasteiger partial charge in [-0.25, -0.2) is 0 Å². The molecule has 2 heterocycles. The topological polar surface area (TPSA) is 101 Å². The van der Waals surface area contributed by atoms with Gasteiger partial charge in [-0.3, -0.25) is 19.4 Å². The second-order valence-electron chi connectivity index (χ2n) is 10.1. The van der Waals surface area contributed by atoms with Crippen LogP contribution in [0.15, 0.2) is 36.5 Å². The molecule has 2 atom stereocenters. The quantitative estimate of drug-likeness (QED) is 0.463. The fourth-order valence-corrected chi connectivity index (χ4v) is 4.63. The lowest BCUT2D eigenvalue weighted by Crippen LogP contribution is -2.42. The lowest BCUT2D eigenvalue weighted by molar-refractivity contribution is -0.129. The van der Waals surface area contributed by atoms with E-state index in [1.165, 1.54) is 25.3 Å². The van der Waals surface area contributed by atoms with Crippen LogP contribution in [0.4, 0.5) is 8.78 Å². The number of ether oxygens (including phenoxy) is 2. The number of rotatable bonds is 11. The number of benzene rings is 1. The van der Waals surface area contributed by atoms with Crippen molar-refractivity contribution in [2.45, 2.75) is 51.7 Å². The van der Waals surface area contributed by atoms with Crippen LogP contribution < -0.4 is 14.8 Å². The lowest BCUT2D eigenvalue weighted by atomic mass is 9.96. The summed E-state index contributed by atoms with van der Waals surface area (Å²) in [5.41, 5.74) is 1.41. The van der Waals surface area contributed by atoms with E-state index in [0.717, 1.165) is 18.4 Å². The second-order valence-corrected chi connectivity index (χ2v) is 10.1. The molecule has 1 aliphatic heterocycles. The first kappa shape index (κ1) is 28.3. The van der Waals surface area contributed by atoms with E-state index in [9.17, 15) is 23.2 Å². The van der Waals surface area contributed by atoms with E-state index in [2.05, 4.69) is 15.0 Å². The Bertz CT molecular complexity index is 1190. The van der Waals surface area contributed by atoms with Crippen molar-refractivity contribution in [2.75, 3.05) is 33.3 Å². The molecule has 1 aromatic carbocycles. The number of amides is 3. The van der Waals surface area contributed by atoms with Crippen LogP contribution in [0.1, 0.15) is 65.4 Å². The first-order valence-corrected chi connectivity index (χ1v) is 13.1. The number of aromatic nitrogens is 1. The zero-order chi connectivity index (χ0) is 28.1. The maximum absolute atomic E-state index is 12.9. The average molecular weight is 545 g/mol. The Labute approximate surface area is 226 Å². The Morgan fingerprint density at radius 1 is 1.18 bits per heavy atom. The molecular weight excluding hydrogens is 510 g/mol. The third-order valence-electron chi connectivity index (χ3n) is 7.21. The molecule has 0 radical (unpaired) electrons. The minimum absolute atomic E-state index is 0.0128. The standard InChI is InChI=1S/C28H34F2N4O5/c1-4-33(3)27(37)20-7-9-23(31-13-20)26(36)32-14-22-11-21(15-34(22)17(2)35)19-8-10-24(39-28(29)30)25(12-19)38-16-18-5-6-18/h7-10,12-13,18,21-22,28H,4-6,11,14-16H2,1-3H3,(H,32,36)/t21-,22-/m0/s1. The van der Waals surface area contributed by atoms with Crippen LogP contribution >= 0.6 is 0 Å². The van der Waals surface area contributed by atoms with Crippen LogP contribution in [-0.2, 0) is 4.79 Å². The normalized spacial score (nSPS) is 18.7. The molecule has 2 fully saturated rings. The average Bonchev–Trinajstić information content (AvgIpc) is 3.66. The molecule has 0 bridgehead atoms. The number of nitrogens with zero attached hydrogens (tertiary/aromatic N) is 3. The van der Waals surface area contributed by atoms with Crippen LogP contribution in [0.5, 0.6) is 11.5 Å². The summed E-state index contributed by atoms with van der Waals surface area (Å²) in [5.74, 6) is -0.0935. The van der Waals surface area contributed by atoms with E-state index < -0.39 is 12.5 Å². The van der Waals surface area contributed by atoms with Crippen LogP contribution in [-0.4, -0.2) is 78.4 Å². The molecule has 1 saturated heterocycles. The molecule has 0 spiro atoms. The van der Waals surface area contributed by atoms with Crippen LogP contribution in [0.25, 0.3) is 0 Å². The van der Waals surface area contributed by atoms with Gasteiger partial charge in [0.15, 0.2) is 11.5 Å². The van der Waals surface area contributed by atoms with Crippen molar-refractivity contribution in [2.24, 2.45) is 5.92 Å². The van der Waals surface area contributed by atoms with E-state index in [1.807, 2.05) is 6.92 Å². The summed E-state index contributed by atoms with van der Waals surface area (Å²) in [6, 6.07) is 7.71. The summed E-state index contributed by atoms with van der Waals surface area (Å²) in [4.78, 5) is 44.8. The van der Waals surface area contributed by atoms with Crippen molar-refractivity contribution in [3.63, 3.8) is 0 Å². The third kappa shape index (κ3) is 7.21. The van der Waals surface area contributed by atoms with E-state index in [0.29, 0.717) is 37.6 Å². The van der Waals surface area contributed by atoms with Gasteiger partial charge < -0.3 is 24.6 Å². The Balaban J connectivity index is 1.41. The number of hydrogen-bond donors (Lipinski definition) is 1. The predicted octanol–water partition coefficient (Wildman–Crippen LogP) is 3.70. The molecule has 210 valence electrons. The summed E-state index contributed by atoms with van der Waals surface area (Å²) in [5, 5.41) is 2.84. The van der Waals surface area contributed by atoms with E-state index in [-0.39, 0.29) is 47.5 Å². The maximum Gasteiger partial charge on any atom is 0.387 e. The van der Waals surface area contributed by atoms with Gasteiger partial charge >= 0.3 is 6.61 Å². The van der Waals surface area contributed by atoms with Crippen molar-refractivity contribution < 1.29 is 32.6 Å². The smallest absolute Gasteiger partial charge is 0.387 e. The van der Waals surface area contributed by atoms with Gasteiger partial charge in [-0.05, 0) is 61.9 Å². The van der Waals surface area contributed by atoms with Gasteiger partial charge in [0.1, 0.15) is 5.69 Å². The zero-order valence-corrected chi connectivity index (χ0v) is 22.4. The highest BCUT2D eigenvalue weighted by atomic mass is 19.3. The lowest BCUT2D eigenvalue weighted by Gasteiger charge is -2.23. The van der Waals surface area contributed by atoms with Crippen molar-refractivity contribution in [3.8, 4) is 11.5 Å². The molecule has 2 aliphatic rings. The van der Waals surface area contributed by atoms with Crippen molar-refractivity contribution in [3.05, 3.63) is 53.3 Å². The number of hydrogen-bond acceptors (Lipinski definition) is 6. The molecule has 3 amide bonds.